The fraction of sp³-hybridized carbons (Fsp3) is 0.200. The standard InChI is InChI=1S/C20H20ClN3O3/c1-11-15(21)5-4-6-16(11)23-19(25)17-12(2)22-20(26)24-18(17)13-7-9-14(27-3)10-8-13/h4-10,18H,1-3H3,(H,23,25)(H2,22,24,26). The number of nitrogens with one attached hydrogen (secondary N) is 3. The van der Waals surface area contributed by atoms with Crippen LogP contribution >= 0.6 is 11.6 Å². The normalized spacial score (nSPS) is 16.4. The Morgan fingerprint density at radius 1 is 1.15 bits per heavy atom. The van der Waals surface area contributed by atoms with Gasteiger partial charge in [-0.15, -0.1) is 0 Å². The Bertz CT molecular complexity index is 923. The van der Waals surface area contributed by atoms with Crippen molar-refractivity contribution >= 4 is 29.2 Å². The maximum absolute atomic E-state index is 13.0. The van der Waals surface area contributed by atoms with Gasteiger partial charge in [0.05, 0.1) is 18.7 Å². The van der Waals surface area contributed by atoms with E-state index < -0.39 is 6.04 Å². The summed E-state index contributed by atoms with van der Waals surface area (Å²) in [6.45, 7) is 3.54. The molecule has 140 valence electrons. The van der Waals surface area contributed by atoms with E-state index in [1.54, 1.807) is 44.4 Å². The minimum atomic E-state index is -0.579. The number of methoxy groups -OCH3 is 1. The molecule has 2 aromatic rings. The molecule has 3 N–H and O–H groups in total. The summed E-state index contributed by atoms with van der Waals surface area (Å²) in [5, 5.41) is 8.93. The summed E-state index contributed by atoms with van der Waals surface area (Å²) in [5.41, 5.74) is 3.10. The van der Waals surface area contributed by atoms with E-state index in [-0.39, 0.29) is 11.9 Å². The van der Waals surface area contributed by atoms with E-state index in [2.05, 4.69) is 16.0 Å². The van der Waals surface area contributed by atoms with Gasteiger partial charge in [0.25, 0.3) is 5.91 Å². The Labute approximate surface area is 162 Å². The molecule has 1 atom stereocenters. The van der Waals surface area contributed by atoms with Crippen LogP contribution in [0.25, 0.3) is 0 Å². The van der Waals surface area contributed by atoms with Crippen LogP contribution in [-0.2, 0) is 4.79 Å². The van der Waals surface area contributed by atoms with Crippen LogP contribution in [0.3, 0.4) is 0 Å². The number of amides is 3. The molecule has 6 nitrogen and oxygen atoms in total. The van der Waals surface area contributed by atoms with Gasteiger partial charge in [-0.2, -0.15) is 0 Å². The van der Waals surface area contributed by atoms with Gasteiger partial charge in [0.2, 0.25) is 0 Å². The van der Waals surface area contributed by atoms with E-state index in [9.17, 15) is 9.59 Å². The van der Waals surface area contributed by atoms with E-state index in [0.29, 0.717) is 27.7 Å². The Hall–Kier alpha value is -2.99. The topological polar surface area (TPSA) is 79.5 Å². The second-order valence-electron chi connectivity index (χ2n) is 6.21. The number of carbonyl (C=O) groups excluding carboxylic acids is 2. The lowest BCUT2D eigenvalue weighted by molar-refractivity contribution is -0.113. The van der Waals surface area contributed by atoms with Gasteiger partial charge >= 0.3 is 6.03 Å². The number of hydrogen-bond donors (Lipinski definition) is 3. The van der Waals surface area contributed by atoms with Crippen molar-refractivity contribution in [1.82, 2.24) is 10.6 Å². The average Bonchev–Trinajstić information content (AvgIpc) is 2.64. The van der Waals surface area contributed by atoms with Gasteiger partial charge in [-0.1, -0.05) is 29.8 Å². The van der Waals surface area contributed by atoms with E-state index in [1.165, 1.54) is 0 Å². The third-order valence-electron chi connectivity index (χ3n) is 4.48. The highest BCUT2D eigenvalue weighted by atomic mass is 35.5. The SMILES string of the molecule is COc1ccc(C2NC(=O)NC(C)=C2C(=O)Nc2cccc(Cl)c2C)cc1. The van der Waals surface area contributed by atoms with Crippen molar-refractivity contribution in [1.29, 1.82) is 0 Å². The zero-order chi connectivity index (χ0) is 19.6. The molecule has 0 aliphatic carbocycles. The Kier molecular flexibility index (Phi) is 5.37. The zero-order valence-corrected chi connectivity index (χ0v) is 16.0. The Balaban J connectivity index is 1.95. The molecule has 0 bridgehead atoms. The van der Waals surface area contributed by atoms with Crippen molar-refractivity contribution < 1.29 is 14.3 Å². The molecule has 1 aliphatic heterocycles. The largest absolute Gasteiger partial charge is 0.497 e. The van der Waals surface area contributed by atoms with Crippen molar-refractivity contribution in [2.75, 3.05) is 12.4 Å². The second kappa shape index (κ2) is 7.72. The minimum absolute atomic E-state index is 0.314. The first-order chi connectivity index (χ1) is 12.9. The van der Waals surface area contributed by atoms with Crippen LogP contribution in [0.4, 0.5) is 10.5 Å². The van der Waals surface area contributed by atoms with Crippen LogP contribution < -0.4 is 20.7 Å². The van der Waals surface area contributed by atoms with Gasteiger partial charge in [-0.25, -0.2) is 4.79 Å². The van der Waals surface area contributed by atoms with Crippen molar-refractivity contribution in [2.45, 2.75) is 19.9 Å². The molecule has 0 fully saturated rings. The fourth-order valence-corrected chi connectivity index (χ4v) is 3.15. The smallest absolute Gasteiger partial charge is 0.319 e. The van der Waals surface area contributed by atoms with Crippen LogP contribution in [0.1, 0.15) is 24.1 Å². The van der Waals surface area contributed by atoms with Crippen LogP contribution in [-0.4, -0.2) is 19.0 Å². The summed E-state index contributed by atoms with van der Waals surface area (Å²) in [7, 11) is 1.58. The summed E-state index contributed by atoms with van der Waals surface area (Å²) in [6, 6.07) is 11.6. The number of rotatable bonds is 4. The van der Waals surface area contributed by atoms with E-state index in [0.717, 1.165) is 11.1 Å². The molecular formula is C20H20ClN3O3. The molecular weight excluding hydrogens is 366 g/mol. The quantitative estimate of drug-likeness (QED) is 0.746. The van der Waals surface area contributed by atoms with E-state index in [1.807, 2.05) is 19.1 Å². The lowest BCUT2D eigenvalue weighted by Crippen LogP contribution is -2.46. The van der Waals surface area contributed by atoms with Gasteiger partial charge in [0, 0.05) is 16.4 Å². The molecule has 0 saturated carbocycles. The molecule has 0 spiro atoms. The third-order valence-corrected chi connectivity index (χ3v) is 4.89. The van der Waals surface area contributed by atoms with Crippen LogP contribution in [0.5, 0.6) is 5.75 Å². The number of anilines is 1. The molecule has 7 heteroatoms. The van der Waals surface area contributed by atoms with Crippen LogP contribution in [0.15, 0.2) is 53.7 Å². The molecule has 3 rings (SSSR count). The van der Waals surface area contributed by atoms with Crippen molar-refractivity contribution in [3.8, 4) is 5.75 Å². The van der Waals surface area contributed by atoms with Gasteiger partial charge in [0.1, 0.15) is 5.75 Å². The van der Waals surface area contributed by atoms with Crippen molar-refractivity contribution in [2.24, 2.45) is 0 Å². The highest BCUT2D eigenvalue weighted by Gasteiger charge is 2.31. The molecule has 1 unspecified atom stereocenters. The highest BCUT2D eigenvalue weighted by Crippen LogP contribution is 2.30. The first-order valence-electron chi connectivity index (χ1n) is 8.39. The van der Waals surface area contributed by atoms with Gasteiger partial charge in [0.15, 0.2) is 0 Å². The third kappa shape index (κ3) is 3.90. The molecule has 3 amide bonds. The number of ether oxygens (including phenoxy) is 1. The van der Waals surface area contributed by atoms with Crippen LogP contribution in [0, 0.1) is 6.92 Å². The van der Waals surface area contributed by atoms with E-state index >= 15 is 0 Å². The van der Waals surface area contributed by atoms with E-state index in [4.69, 9.17) is 16.3 Å². The minimum Gasteiger partial charge on any atom is -0.497 e. The maximum Gasteiger partial charge on any atom is 0.319 e. The predicted octanol–water partition coefficient (Wildman–Crippen LogP) is 3.92. The van der Waals surface area contributed by atoms with Gasteiger partial charge in [-0.3, -0.25) is 4.79 Å². The molecule has 0 radical (unpaired) electrons. The Morgan fingerprint density at radius 2 is 1.85 bits per heavy atom. The summed E-state index contributed by atoms with van der Waals surface area (Å²) < 4.78 is 5.17. The summed E-state index contributed by atoms with van der Waals surface area (Å²) in [5.74, 6) is 0.381. The highest BCUT2D eigenvalue weighted by molar-refractivity contribution is 6.31. The second-order valence-corrected chi connectivity index (χ2v) is 6.62. The average molecular weight is 386 g/mol. The maximum atomic E-state index is 13.0. The fourth-order valence-electron chi connectivity index (χ4n) is 2.97. The summed E-state index contributed by atoms with van der Waals surface area (Å²) >= 11 is 6.14. The van der Waals surface area contributed by atoms with Crippen molar-refractivity contribution in [3.05, 3.63) is 69.9 Å². The summed E-state index contributed by atoms with van der Waals surface area (Å²) in [4.78, 5) is 25.0. The number of urea groups is 1. The lowest BCUT2D eigenvalue weighted by atomic mass is 9.94. The summed E-state index contributed by atoms with van der Waals surface area (Å²) in [6.07, 6.45) is 0. The number of carbonyl (C=O) groups is 2. The number of hydrogen-bond acceptors (Lipinski definition) is 3. The molecule has 0 saturated heterocycles. The number of benzene rings is 2. The van der Waals surface area contributed by atoms with Gasteiger partial charge in [-0.05, 0) is 49.2 Å². The molecule has 0 aromatic heterocycles. The Morgan fingerprint density at radius 3 is 2.52 bits per heavy atom. The molecule has 2 aromatic carbocycles. The molecule has 27 heavy (non-hydrogen) atoms. The first-order valence-corrected chi connectivity index (χ1v) is 8.77. The zero-order valence-electron chi connectivity index (χ0n) is 15.2. The van der Waals surface area contributed by atoms with Gasteiger partial charge < -0.3 is 20.7 Å². The molecule has 1 heterocycles. The molecule has 1 aliphatic rings. The first kappa shape index (κ1) is 18.8. The van der Waals surface area contributed by atoms with Crippen molar-refractivity contribution in [3.63, 3.8) is 0 Å². The number of allylic oxidation sites excluding steroid dienone is 1. The number of halogens is 1. The predicted molar refractivity (Wildman–Crippen MR) is 105 cm³/mol. The van der Waals surface area contributed by atoms with Crippen LogP contribution in [0.2, 0.25) is 5.02 Å². The lowest BCUT2D eigenvalue weighted by Gasteiger charge is -2.29. The monoisotopic (exact) mass is 385 g/mol.